The van der Waals surface area contributed by atoms with Crippen LogP contribution in [0.25, 0.3) is 65.3 Å². The van der Waals surface area contributed by atoms with Gasteiger partial charge in [-0.2, -0.15) is 0 Å². The number of aryl methyl sites for hydroxylation is 2. The van der Waals surface area contributed by atoms with Crippen molar-refractivity contribution in [3.8, 4) is 22.3 Å². The SMILES string of the molecule is Cc1cc(C)cc(-c2c3cc(N(c4ccccc4)c4ccccc4)ccc3c(-c3cccc4ccccc34)c3cc(N(c4ccccc4)c4ccc5ccccc5c4)ccc23)c1. The van der Waals surface area contributed by atoms with Gasteiger partial charge in [0.05, 0.1) is 0 Å². The maximum Gasteiger partial charge on any atom is 0.0468 e. The van der Waals surface area contributed by atoms with Crippen molar-refractivity contribution in [2.24, 2.45) is 0 Å². The lowest BCUT2D eigenvalue weighted by molar-refractivity contribution is 1.29. The van der Waals surface area contributed by atoms with Crippen molar-refractivity contribution in [1.29, 1.82) is 0 Å². The first-order valence-electron chi connectivity index (χ1n) is 21.4. The molecule has 0 radical (unpaired) electrons. The zero-order valence-electron chi connectivity index (χ0n) is 34.8. The topological polar surface area (TPSA) is 6.48 Å². The van der Waals surface area contributed by atoms with Gasteiger partial charge >= 0.3 is 0 Å². The Morgan fingerprint density at radius 3 is 1.32 bits per heavy atom. The lowest BCUT2D eigenvalue weighted by atomic mass is 9.83. The standard InChI is InChI=1S/C60H44N2/c1-41-35-42(2)37-46(36-41)59-55-33-31-52(62(49-25-10-5-11-26-49)50-30-29-43-17-12-13-19-45(43)38-50)40-58(55)60(54-28-16-20-44-18-14-15-27-53(44)54)56-34-32-51(39-57(56)59)61(47-21-6-3-7-22-47)48-23-8-4-9-24-48/h3-40H,1-2H3. The van der Waals surface area contributed by atoms with Crippen LogP contribution in [0.4, 0.5) is 34.1 Å². The van der Waals surface area contributed by atoms with Crippen molar-refractivity contribution in [2.75, 3.05) is 9.80 Å². The van der Waals surface area contributed by atoms with Crippen LogP contribution in [-0.4, -0.2) is 0 Å². The number of para-hydroxylation sites is 3. The minimum atomic E-state index is 1.10. The van der Waals surface area contributed by atoms with E-state index in [2.05, 4.69) is 254 Å². The van der Waals surface area contributed by atoms with E-state index in [4.69, 9.17) is 0 Å². The van der Waals surface area contributed by atoms with Crippen molar-refractivity contribution in [1.82, 2.24) is 0 Å². The number of rotatable bonds is 8. The Bertz CT molecular complexity index is 3360. The largest absolute Gasteiger partial charge is 0.310 e. The molecule has 0 unspecified atom stereocenters. The second kappa shape index (κ2) is 15.6. The number of fused-ring (bicyclic) bond motifs is 4. The molecule has 0 atom stereocenters. The maximum absolute atomic E-state index is 2.44. The summed E-state index contributed by atoms with van der Waals surface area (Å²) in [6.07, 6.45) is 0. The highest BCUT2D eigenvalue weighted by molar-refractivity contribution is 6.24. The predicted molar refractivity (Wildman–Crippen MR) is 266 cm³/mol. The fourth-order valence-corrected chi connectivity index (χ4v) is 9.59. The maximum atomic E-state index is 2.44. The van der Waals surface area contributed by atoms with E-state index in [1.54, 1.807) is 0 Å². The van der Waals surface area contributed by atoms with Gasteiger partial charge in [0.2, 0.25) is 0 Å². The van der Waals surface area contributed by atoms with Gasteiger partial charge < -0.3 is 9.80 Å². The van der Waals surface area contributed by atoms with Crippen LogP contribution < -0.4 is 9.80 Å². The van der Waals surface area contributed by atoms with Crippen LogP contribution in [0, 0.1) is 13.8 Å². The summed E-state index contributed by atoms with van der Waals surface area (Å²) in [5.74, 6) is 0. The molecule has 2 nitrogen and oxygen atoms in total. The van der Waals surface area contributed by atoms with Crippen LogP contribution in [0.3, 0.4) is 0 Å². The van der Waals surface area contributed by atoms with Crippen LogP contribution in [-0.2, 0) is 0 Å². The first kappa shape index (κ1) is 37.1. The molecule has 2 heteroatoms. The van der Waals surface area contributed by atoms with E-state index in [1.165, 1.54) is 76.5 Å². The summed E-state index contributed by atoms with van der Waals surface area (Å²) in [5.41, 5.74) is 14.0. The Hall–Kier alpha value is -7.94. The highest BCUT2D eigenvalue weighted by Gasteiger charge is 2.23. The fraction of sp³-hybridized carbons (Fsp3) is 0.0333. The van der Waals surface area contributed by atoms with E-state index in [0.29, 0.717) is 0 Å². The number of anilines is 6. The summed E-state index contributed by atoms with van der Waals surface area (Å²) in [7, 11) is 0. The minimum absolute atomic E-state index is 1.10. The molecule has 0 aromatic heterocycles. The predicted octanol–water partition coefficient (Wildman–Crippen LogP) is 17.2. The van der Waals surface area contributed by atoms with Gasteiger partial charge in [-0.25, -0.2) is 0 Å². The quantitative estimate of drug-likeness (QED) is 0.141. The normalized spacial score (nSPS) is 11.4. The first-order valence-corrected chi connectivity index (χ1v) is 21.4. The Balaban J connectivity index is 1.27. The number of nitrogens with zero attached hydrogens (tertiary/aromatic N) is 2. The van der Waals surface area contributed by atoms with Crippen molar-refractivity contribution in [3.05, 3.63) is 242 Å². The highest BCUT2D eigenvalue weighted by atomic mass is 15.1. The molecule has 294 valence electrons. The van der Waals surface area contributed by atoms with Gasteiger partial charge in [-0.15, -0.1) is 0 Å². The van der Waals surface area contributed by atoms with E-state index in [0.717, 1.165) is 34.1 Å². The van der Waals surface area contributed by atoms with Gasteiger partial charge in [0.25, 0.3) is 0 Å². The van der Waals surface area contributed by atoms with Crippen LogP contribution in [0.5, 0.6) is 0 Å². The van der Waals surface area contributed by atoms with Crippen molar-refractivity contribution >= 4 is 77.2 Å². The zero-order chi connectivity index (χ0) is 41.6. The van der Waals surface area contributed by atoms with E-state index in [9.17, 15) is 0 Å². The average molecular weight is 793 g/mol. The molecule has 0 aliphatic rings. The fourth-order valence-electron chi connectivity index (χ4n) is 9.59. The molecular formula is C60H44N2. The Kier molecular flexibility index (Phi) is 9.32. The summed E-state index contributed by atoms with van der Waals surface area (Å²) in [5, 5.41) is 9.73. The zero-order valence-corrected chi connectivity index (χ0v) is 34.8. The van der Waals surface area contributed by atoms with Gasteiger partial charge in [-0.3, -0.25) is 0 Å². The van der Waals surface area contributed by atoms with Gasteiger partial charge in [0.15, 0.2) is 0 Å². The van der Waals surface area contributed by atoms with Crippen LogP contribution in [0.1, 0.15) is 11.1 Å². The molecule has 11 aromatic carbocycles. The second-order valence-electron chi connectivity index (χ2n) is 16.3. The third-order valence-corrected chi connectivity index (χ3v) is 12.2. The number of benzene rings is 11. The Morgan fingerprint density at radius 1 is 0.258 bits per heavy atom. The number of hydrogen-bond acceptors (Lipinski definition) is 2. The van der Waals surface area contributed by atoms with E-state index in [-0.39, 0.29) is 0 Å². The summed E-state index contributed by atoms with van der Waals surface area (Å²) in [6.45, 7) is 4.42. The van der Waals surface area contributed by atoms with Crippen molar-refractivity contribution in [3.63, 3.8) is 0 Å². The molecule has 0 amide bonds. The molecule has 0 bridgehead atoms. The molecule has 11 aromatic rings. The first-order chi connectivity index (χ1) is 30.6. The summed E-state index contributed by atoms with van der Waals surface area (Å²) in [6, 6.07) is 84.4. The smallest absolute Gasteiger partial charge is 0.0468 e. The van der Waals surface area contributed by atoms with E-state index < -0.39 is 0 Å². The van der Waals surface area contributed by atoms with Crippen LogP contribution in [0.15, 0.2) is 231 Å². The van der Waals surface area contributed by atoms with E-state index >= 15 is 0 Å². The summed E-state index contributed by atoms with van der Waals surface area (Å²) in [4.78, 5) is 4.77. The molecule has 0 heterocycles. The molecule has 0 N–H and O–H groups in total. The number of hydrogen-bond donors (Lipinski definition) is 0. The second-order valence-corrected chi connectivity index (χ2v) is 16.3. The highest BCUT2D eigenvalue weighted by Crippen LogP contribution is 2.49. The molecule has 0 spiro atoms. The van der Waals surface area contributed by atoms with Crippen LogP contribution >= 0.6 is 0 Å². The van der Waals surface area contributed by atoms with Gasteiger partial charge in [0, 0.05) is 34.1 Å². The molecule has 62 heavy (non-hydrogen) atoms. The van der Waals surface area contributed by atoms with Crippen molar-refractivity contribution in [2.45, 2.75) is 13.8 Å². The molecular weight excluding hydrogens is 749 g/mol. The van der Waals surface area contributed by atoms with Crippen molar-refractivity contribution < 1.29 is 0 Å². The monoisotopic (exact) mass is 792 g/mol. The third kappa shape index (κ3) is 6.63. The van der Waals surface area contributed by atoms with Gasteiger partial charge in [-0.1, -0.05) is 169 Å². The minimum Gasteiger partial charge on any atom is -0.310 e. The van der Waals surface area contributed by atoms with Gasteiger partial charge in [0.1, 0.15) is 0 Å². The van der Waals surface area contributed by atoms with Gasteiger partial charge in [-0.05, 0) is 152 Å². The third-order valence-electron chi connectivity index (χ3n) is 12.2. The Labute approximate surface area is 363 Å². The summed E-state index contributed by atoms with van der Waals surface area (Å²) >= 11 is 0. The molecule has 0 saturated heterocycles. The summed E-state index contributed by atoms with van der Waals surface area (Å²) < 4.78 is 0. The molecule has 0 aliphatic carbocycles. The van der Waals surface area contributed by atoms with Crippen LogP contribution in [0.2, 0.25) is 0 Å². The molecule has 11 rings (SSSR count). The molecule has 0 aliphatic heterocycles. The molecule has 0 saturated carbocycles. The lowest BCUT2D eigenvalue weighted by Crippen LogP contribution is -2.10. The Morgan fingerprint density at radius 2 is 0.710 bits per heavy atom. The average Bonchev–Trinajstić information content (AvgIpc) is 3.31. The van der Waals surface area contributed by atoms with E-state index in [1.807, 2.05) is 0 Å². The lowest BCUT2D eigenvalue weighted by Gasteiger charge is -2.28. The molecule has 0 fully saturated rings.